The summed E-state index contributed by atoms with van der Waals surface area (Å²) in [5.74, 6) is -3.35. The molecule has 2 heterocycles. The summed E-state index contributed by atoms with van der Waals surface area (Å²) in [4.78, 5) is 23.4. The van der Waals surface area contributed by atoms with E-state index >= 15 is 0 Å². The first-order chi connectivity index (χ1) is 8.19. The van der Waals surface area contributed by atoms with E-state index < -0.39 is 29.6 Å². The van der Waals surface area contributed by atoms with Gasteiger partial charge in [-0.15, -0.1) is 0 Å². The van der Waals surface area contributed by atoms with E-state index in [9.17, 15) is 9.59 Å². The molecule has 2 aliphatic rings. The van der Waals surface area contributed by atoms with Crippen LogP contribution in [0.5, 0.6) is 0 Å². The maximum Gasteiger partial charge on any atom is 0.348 e. The van der Waals surface area contributed by atoms with Gasteiger partial charge in [0.25, 0.3) is 5.79 Å². The van der Waals surface area contributed by atoms with Crippen LogP contribution in [-0.4, -0.2) is 36.2 Å². The molecule has 0 aliphatic carbocycles. The highest BCUT2D eigenvalue weighted by Gasteiger charge is 2.40. The molecule has 0 bridgehead atoms. The fraction of sp³-hybridized carbons (Fsp3) is 0.667. The number of carbonyl (C=O) groups is 2. The average molecular weight is 256 g/mol. The first kappa shape index (κ1) is 13.0. The Balaban J connectivity index is 2.14. The van der Waals surface area contributed by atoms with Gasteiger partial charge in [-0.25, -0.2) is 9.59 Å². The highest BCUT2D eigenvalue weighted by atomic mass is 16.7. The Morgan fingerprint density at radius 2 is 1.61 bits per heavy atom. The molecule has 100 valence electrons. The number of rotatable bonds is 1. The molecular weight excluding hydrogens is 240 g/mol. The molecule has 6 heteroatoms. The predicted molar refractivity (Wildman–Crippen MR) is 59.3 cm³/mol. The molecule has 0 spiro atoms. The van der Waals surface area contributed by atoms with Gasteiger partial charge in [0.05, 0.1) is 6.61 Å². The SMILES string of the molecule is CC1(C)OC(=O)C(=C[C@H]2COC(C)(C)O2)C(=O)O1. The van der Waals surface area contributed by atoms with E-state index in [0.29, 0.717) is 0 Å². The molecule has 0 aromatic carbocycles. The van der Waals surface area contributed by atoms with E-state index in [2.05, 4.69) is 0 Å². The van der Waals surface area contributed by atoms with Crippen LogP contribution in [0.2, 0.25) is 0 Å². The summed E-state index contributed by atoms with van der Waals surface area (Å²) < 4.78 is 20.8. The molecule has 2 saturated heterocycles. The monoisotopic (exact) mass is 256 g/mol. The molecule has 2 aliphatic heterocycles. The lowest BCUT2D eigenvalue weighted by molar-refractivity contribution is -0.222. The van der Waals surface area contributed by atoms with Crippen LogP contribution in [-0.2, 0) is 28.5 Å². The molecule has 6 nitrogen and oxygen atoms in total. The third-order valence-electron chi connectivity index (χ3n) is 2.50. The van der Waals surface area contributed by atoms with E-state index in [0.717, 1.165) is 0 Å². The fourth-order valence-corrected chi connectivity index (χ4v) is 1.78. The van der Waals surface area contributed by atoms with Crippen molar-refractivity contribution in [3.8, 4) is 0 Å². The van der Waals surface area contributed by atoms with Gasteiger partial charge in [0.2, 0.25) is 0 Å². The summed E-state index contributed by atoms with van der Waals surface area (Å²) in [5, 5.41) is 0. The first-order valence-corrected chi connectivity index (χ1v) is 5.69. The van der Waals surface area contributed by atoms with Gasteiger partial charge in [0.15, 0.2) is 5.79 Å². The van der Waals surface area contributed by atoms with Gasteiger partial charge in [-0.3, -0.25) is 0 Å². The first-order valence-electron chi connectivity index (χ1n) is 5.69. The Morgan fingerprint density at radius 1 is 1.06 bits per heavy atom. The molecule has 0 radical (unpaired) electrons. The summed E-state index contributed by atoms with van der Waals surface area (Å²) in [7, 11) is 0. The molecule has 2 rings (SSSR count). The van der Waals surface area contributed by atoms with Crippen molar-refractivity contribution in [1.82, 2.24) is 0 Å². The van der Waals surface area contributed by atoms with Crippen LogP contribution in [0.25, 0.3) is 0 Å². The Hall–Kier alpha value is -1.40. The summed E-state index contributed by atoms with van der Waals surface area (Å²) in [6, 6.07) is 0. The molecule has 0 amide bonds. The smallest absolute Gasteiger partial charge is 0.348 e. The topological polar surface area (TPSA) is 71.1 Å². The number of carbonyl (C=O) groups excluding carboxylic acids is 2. The maximum absolute atomic E-state index is 11.7. The Kier molecular flexibility index (Phi) is 2.95. The Labute approximate surface area is 105 Å². The lowest BCUT2D eigenvalue weighted by Gasteiger charge is -2.30. The minimum atomic E-state index is -1.22. The second-order valence-corrected chi connectivity index (χ2v) is 5.13. The van der Waals surface area contributed by atoms with Crippen LogP contribution in [0.1, 0.15) is 27.7 Å². The van der Waals surface area contributed by atoms with Gasteiger partial charge in [-0.2, -0.15) is 0 Å². The van der Waals surface area contributed by atoms with Gasteiger partial charge in [-0.05, 0) is 19.9 Å². The highest BCUT2D eigenvalue weighted by Crippen LogP contribution is 2.27. The normalized spacial score (nSPS) is 29.8. The van der Waals surface area contributed by atoms with Crippen LogP contribution in [0.3, 0.4) is 0 Å². The third kappa shape index (κ3) is 2.70. The maximum atomic E-state index is 11.7. The van der Waals surface area contributed by atoms with E-state index in [-0.39, 0.29) is 12.2 Å². The van der Waals surface area contributed by atoms with Crippen molar-refractivity contribution in [2.75, 3.05) is 6.61 Å². The third-order valence-corrected chi connectivity index (χ3v) is 2.50. The van der Waals surface area contributed by atoms with Crippen molar-refractivity contribution in [3.63, 3.8) is 0 Å². The summed E-state index contributed by atoms with van der Waals surface area (Å²) >= 11 is 0. The number of esters is 2. The van der Waals surface area contributed by atoms with Crippen molar-refractivity contribution >= 4 is 11.9 Å². The summed E-state index contributed by atoms with van der Waals surface area (Å²) in [6.07, 6.45) is 0.922. The van der Waals surface area contributed by atoms with Gasteiger partial charge < -0.3 is 18.9 Å². The minimum absolute atomic E-state index is 0.152. The summed E-state index contributed by atoms with van der Waals surface area (Å²) in [6.45, 7) is 6.79. The largest absolute Gasteiger partial charge is 0.419 e. The van der Waals surface area contributed by atoms with E-state index in [1.54, 1.807) is 13.8 Å². The van der Waals surface area contributed by atoms with Gasteiger partial charge in [0, 0.05) is 13.8 Å². The number of cyclic esters (lactones) is 2. The van der Waals surface area contributed by atoms with E-state index in [4.69, 9.17) is 18.9 Å². The van der Waals surface area contributed by atoms with Crippen molar-refractivity contribution in [2.24, 2.45) is 0 Å². The minimum Gasteiger partial charge on any atom is -0.419 e. The second kappa shape index (κ2) is 4.07. The fourth-order valence-electron chi connectivity index (χ4n) is 1.78. The van der Waals surface area contributed by atoms with Crippen molar-refractivity contribution < 1.29 is 28.5 Å². The molecule has 18 heavy (non-hydrogen) atoms. The van der Waals surface area contributed by atoms with Crippen LogP contribution < -0.4 is 0 Å². The molecule has 0 unspecified atom stereocenters. The highest BCUT2D eigenvalue weighted by molar-refractivity contribution is 6.15. The molecular formula is C12H16O6. The second-order valence-electron chi connectivity index (χ2n) is 5.13. The molecule has 0 saturated carbocycles. The molecule has 1 atom stereocenters. The van der Waals surface area contributed by atoms with Crippen molar-refractivity contribution in [2.45, 2.75) is 45.4 Å². The number of hydrogen-bond donors (Lipinski definition) is 0. The Bertz CT molecular complexity index is 398. The van der Waals surface area contributed by atoms with Crippen molar-refractivity contribution in [1.29, 1.82) is 0 Å². The summed E-state index contributed by atoms with van der Waals surface area (Å²) in [5.41, 5.74) is -0.152. The lowest BCUT2D eigenvalue weighted by atomic mass is 10.1. The molecule has 0 aromatic rings. The van der Waals surface area contributed by atoms with E-state index in [1.807, 2.05) is 0 Å². The van der Waals surface area contributed by atoms with Crippen molar-refractivity contribution in [3.05, 3.63) is 11.6 Å². The van der Waals surface area contributed by atoms with Crippen LogP contribution >= 0.6 is 0 Å². The van der Waals surface area contributed by atoms with Gasteiger partial charge >= 0.3 is 11.9 Å². The average Bonchev–Trinajstić information content (AvgIpc) is 2.50. The standard InChI is InChI=1S/C12H16O6/c1-11(2)15-6-7(16-11)5-8-9(13)17-12(3,4)18-10(8)14/h5,7H,6H2,1-4H3/t7-/m0/s1. The molecule has 0 aromatic heterocycles. The predicted octanol–water partition coefficient (Wildman–Crippen LogP) is 0.900. The van der Waals surface area contributed by atoms with Crippen LogP contribution in [0.15, 0.2) is 11.6 Å². The zero-order chi connectivity index (χ0) is 13.6. The number of hydrogen-bond acceptors (Lipinski definition) is 6. The van der Waals surface area contributed by atoms with Crippen LogP contribution in [0, 0.1) is 0 Å². The Morgan fingerprint density at radius 3 is 2.06 bits per heavy atom. The zero-order valence-corrected chi connectivity index (χ0v) is 10.8. The van der Waals surface area contributed by atoms with E-state index in [1.165, 1.54) is 19.9 Å². The zero-order valence-electron chi connectivity index (χ0n) is 10.8. The van der Waals surface area contributed by atoms with Gasteiger partial charge in [0.1, 0.15) is 11.7 Å². The lowest BCUT2D eigenvalue weighted by Crippen LogP contribution is -2.42. The molecule has 0 N–H and O–H groups in total. The van der Waals surface area contributed by atoms with Crippen LogP contribution in [0.4, 0.5) is 0 Å². The van der Waals surface area contributed by atoms with Gasteiger partial charge in [-0.1, -0.05) is 0 Å². The number of ether oxygens (including phenoxy) is 4. The quantitative estimate of drug-likeness (QED) is 0.394. The molecule has 2 fully saturated rings.